The number of hydrogen-bond acceptors (Lipinski definition) is 3. The van der Waals surface area contributed by atoms with Crippen molar-refractivity contribution in [3.8, 4) is 0 Å². The van der Waals surface area contributed by atoms with Crippen LogP contribution in [0.25, 0.3) is 11.0 Å². The van der Waals surface area contributed by atoms with E-state index in [1.165, 1.54) is 12.1 Å². The lowest BCUT2D eigenvalue weighted by Crippen LogP contribution is -2.50. The Bertz CT molecular complexity index is 697. The monoisotopic (exact) mass is 318 g/mol. The maximum Gasteiger partial charge on any atom is 0.219 e. The number of carbonyl (C=O) groups excluding carboxylic acids is 1. The van der Waals surface area contributed by atoms with E-state index in [2.05, 4.69) is 12.2 Å². The summed E-state index contributed by atoms with van der Waals surface area (Å²) in [5.41, 5.74) is 0.710. The fourth-order valence-electron chi connectivity index (χ4n) is 3.39. The van der Waals surface area contributed by atoms with Crippen LogP contribution < -0.4 is 5.32 Å². The van der Waals surface area contributed by atoms with E-state index in [0.717, 1.165) is 37.1 Å². The second-order valence-electron chi connectivity index (χ2n) is 6.30. The first-order valence-electron chi connectivity index (χ1n) is 8.23. The average molecular weight is 318 g/mol. The van der Waals surface area contributed by atoms with E-state index in [-0.39, 0.29) is 11.7 Å². The van der Waals surface area contributed by atoms with Gasteiger partial charge in [0.1, 0.15) is 17.2 Å². The molecule has 2 atom stereocenters. The van der Waals surface area contributed by atoms with Gasteiger partial charge in [-0.1, -0.05) is 13.3 Å². The van der Waals surface area contributed by atoms with Gasteiger partial charge >= 0.3 is 0 Å². The Morgan fingerprint density at radius 3 is 3.00 bits per heavy atom. The number of nitrogens with one attached hydrogen (secondary N) is 1. The highest BCUT2D eigenvalue weighted by Gasteiger charge is 2.28. The van der Waals surface area contributed by atoms with Crippen LogP contribution in [0.1, 0.15) is 32.4 Å². The molecule has 0 spiro atoms. The van der Waals surface area contributed by atoms with Crippen molar-refractivity contribution in [3.05, 3.63) is 35.8 Å². The molecule has 0 bridgehead atoms. The third-order valence-corrected chi connectivity index (χ3v) is 4.77. The molecule has 0 saturated carbocycles. The second kappa shape index (κ2) is 6.71. The molecule has 1 saturated heterocycles. The summed E-state index contributed by atoms with van der Waals surface area (Å²) >= 11 is 0. The number of nitrogens with zero attached hydrogens (tertiary/aromatic N) is 1. The third-order valence-electron chi connectivity index (χ3n) is 4.77. The fraction of sp³-hybridized carbons (Fsp3) is 0.500. The number of furan rings is 1. The average Bonchev–Trinajstić information content (AvgIpc) is 2.94. The van der Waals surface area contributed by atoms with Crippen LogP contribution in [0.2, 0.25) is 0 Å². The minimum absolute atomic E-state index is 0.154. The van der Waals surface area contributed by atoms with Crippen molar-refractivity contribution in [2.24, 2.45) is 5.92 Å². The summed E-state index contributed by atoms with van der Waals surface area (Å²) in [4.78, 5) is 13.5. The van der Waals surface area contributed by atoms with Crippen molar-refractivity contribution in [2.75, 3.05) is 13.1 Å². The number of likely N-dealkylation sites (tertiary alicyclic amines) is 1. The topological polar surface area (TPSA) is 45.5 Å². The summed E-state index contributed by atoms with van der Waals surface area (Å²) in [6.07, 6.45) is 1.99. The highest BCUT2D eigenvalue weighted by Crippen LogP contribution is 2.23. The van der Waals surface area contributed by atoms with Gasteiger partial charge in [-0.05, 0) is 36.6 Å². The Morgan fingerprint density at radius 2 is 2.26 bits per heavy atom. The van der Waals surface area contributed by atoms with Crippen LogP contribution in [0.4, 0.5) is 4.39 Å². The lowest BCUT2D eigenvalue weighted by Gasteiger charge is -2.38. The van der Waals surface area contributed by atoms with Crippen molar-refractivity contribution in [1.82, 2.24) is 10.2 Å². The van der Waals surface area contributed by atoms with Gasteiger partial charge < -0.3 is 14.6 Å². The zero-order valence-electron chi connectivity index (χ0n) is 13.6. The summed E-state index contributed by atoms with van der Waals surface area (Å²) in [5, 5.41) is 4.34. The molecule has 124 valence electrons. The lowest BCUT2D eigenvalue weighted by molar-refractivity contribution is -0.131. The Morgan fingerprint density at radius 1 is 1.43 bits per heavy atom. The van der Waals surface area contributed by atoms with E-state index >= 15 is 0 Å². The smallest absolute Gasteiger partial charge is 0.219 e. The first kappa shape index (κ1) is 16.0. The highest BCUT2D eigenvalue weighted by atomic mass is 19.1. The number of rotatable bonds is 4. The van der Waals surface area contributed by atoms with Crippen LogP contribution in [0.5, 0.6) is 0 Å². The van der Waals surface area contributed by atoms with E-state index < -0.39 is 0 Å². The molecular weight excluding hydrogens is 295 g/mol. The molecule has 23 heavy (non-hydrogen) atoms. The molecule has 1 amide bonds. The zero-order valence-corrected chi connectivity index (χ0v) is 13.6. The molecule has 4 nitrogen and oxygen atoms in total. The van der Waals surface area contributed by atoms with E-state index in [0.29, 0.717) is 24.1 Å². The van der Waals surface area contributed by atoms with E-state index in [9.17, 15) is 9.18 Å². The van der Waals surface area contributed by atoms with Crippen molar-refractivity contribution in [1.29, 1.82) is 0 Å². The fourth-order valence-corrected chi connectivity index (χ4v) is 3.39. The minimum Gasteiger partial charge on any atom is -0.460 e. The molecular formula is C18H23FN2O2. The van der Waals surface area contributed by atoms with Gasteiger partial charge in [0.25, 0.3) is 0 Å². The number of hydrogen-bond donors (Lipinski definition) is 1. The minimum atomic E-state index is -0.250. The van der Waals surface area contributed by atoms with Crippen molar-refractivity contribution < 1.29 is 13.6 Å². The van der Waals surface area contributed by atoms with E-state index in [1.54, 1.807) is 13.0 Å². The number of benzene rings is 1. The second-order valence-corrected chi connectivity index (χ2v) is 6.30. The van der Waals surface area contributed by atoms with E-state index in [1.807, 2.05) is 11.0 Å². The molecule has 1 aromatic heterocycles. The zero-order chi connectivity index (χ0) is 16.4. The summed E-state index contributed by atoms with van der Waals surface area (Å²) < 4.78 is 19.0. The van der Waals surface area contributed by atoms with E-state index in [4.69, 9.17) is 4.42 Å². The largest absolute Gasteiger partial charge is 0.460 e. The van der Waals surface area contributed by atoms with Crippen LogP contribution in [0.15, 0.2) is 28.7 Å². The quantitative estimate of drug-likeness (QED) is 0.941. The molecule has 1 fully saturated rings. The van der Waals surface area contributed by atoms with Gasteiger partial charge in [0.15, 0.2) is 0 Å². The predicted molar refractivity (Wildman–Crippen MR) is 87.5 cm³/mol. The molecule has 1 aliphatic rings. The van der Waals surface area contributed by atoms with Gasteiger partial charge in [-0.2, -0.15) is 0 Å². The number of carbonyl (C=O) groups is 1. The van der Waals surface area contributed by atoms with Crippen molar-refractivity contribution in [2.45, 2.75) is 39.3 Å². The summed E-state index contributed by atoms with van der Waals surface area (Å²) in [7, 11) is 0. The number of piperidine rings is 1. The molecule has 2 aromatic rings. The lowest BCUT2D eigenvalue weighted by atomic mass is 9.90. The van der Waals surface area contributed by atoms with Crippen LogP contribution in [0.3, 0.4) is 0 Å². The van der Waals surface area contributed by atoms with Gasteiger partial charge in [0.2, 0.25) is 5.91 Å². The van der Waals surface area contributed by atoms with Crippen LogP contribution in [-0.4, -0.2) is 29.9 Å². The number of halogens is 1. The maximum absolute atomic E-state index is 13.2. The third kappa shape index (κ3) is 3.55. The summed E-state index contributed by atoms with van der Waals surface area (Å²) in [6, 6.07) is 6.82. The van der Waals surface area contributed by atoms with Crippen LogP contribution >= 0.6 is 0 Å². The molecule has 0 aliphatic carbocycles. The molecule has 1 aromatic carbocycles. The van der Waals surface area contributed by atoms with Gasteiger partial charge in [-0.25, -0.2) is 4.39 Å². The Kier molecular flexibility index (Phi) is 4.66. The Balaban J connectivity index is 1.63. The molecule has 1 aliphatic heterocycles. The Hall–Kier alpha value is -1.88. The van der Waals surface area contributed by atoms with Gasteiger partial charge in [-0.15, -0.1) is 0 Å². The van der Waals surface area contributed by atoms with Crippen molar-refractivity contribution in [3.63, 3.8) is 0 Å². The normalized spacial score (nSPS) is 21.8. The number of fused-ring (bicyclic) bond motifs is 1. The van der Waals surface area contributed by atoms with Crippen molar-refractivity contribution >= 4 is 16.9 Å². The molecule has 2 heterocycles. The first-order valence-corrected chi connectivity index (χ1v) is 8.23. The highest BCUT2D eigenvalue weighted by molar-refractivity contribution is 5.77. The SMILES string of the molecule is CC[C@@H]1CN(C(C)=O)CC[C@@H]1NCc1cc2cc(F)ccc2o1. The first-order chi connectivity index (χ1) is 11.1. The Labute approximate surface area is 135 Å². The van der Waals surface area contributed by atoms with Gasteiger partial charge in [0, 0.05) is 31.4 Å². The molecule has 0 radical (unpaired) electrons. The molecule has 5 heteroatoms. The predicted octanol–water partition coefficient (Wildman–Crippen LogP) is 3.31. The summed E-state index contributed by atoms with van der Waals surface area (Å²) in [6.45, 7) is 6.03. The van der Waals surface area contributed by atoms with Crippen LogP contribution in [-0.2, 0) is 11.3 Å². The maximum atomic E-state index is 13.2. The number of amides is 1. The standard InChI is InChI=1S/C18H23FN2O2/c1-3-13-11-21(12(2)22)7-6-17(13)20-10-16-9-14-8-15(19)4-5-18(14)23-16/h4-5,8-9,13,17,20H,3,6-7,10-11H2,1-2H3/t13-,17+/m1/s1. The molecule has 1 N–H and O–H groups in total. The molecule has 0 unspecified atom stereocenters. The summed E-state index contributed by atoms with van der Waals surface area (Å²) in [5.74, 6) is 1.17. The van der Waals surface area contributed by atoms with Gasteiger partial charge in [0.05, 0.1) is 6.54 Å². The van der Waals surface area contributed by atoms with Crippen LogP contribution in [0, 0.1) is 11.7 Å². The van der Waals surface area contributed by atoms with Gasteiger partial charge in [-0.3, -0.25) is 4.79 Å². The molecule has 3 rings (SSSR count).